The number of amides is 2. The fourth-order valence-electron chi connectivity index (χ4n) is 4.91. The molecule has 0 aromatic carbocycles. The van der Waals surface area contributed by atoms with Crippen LogP contribution in [0.2, 0.25) is 0 Å². The largest absolute Gasteiger partial charge is 0.385 e. The fraction of sp³-hybridized carbons (Fsp3) is 0.880. The second-order valence-corrected chi connectivity index (χ2v) is 9.57. The maximum Gasteiger partial charge on any atom is 0.318 e. The molecule has 1 saturated heterocycles. The smallest absolute Gasteiger partial charge is 0.318 e. The molecule has 1 saturated carbocycles. The first-order valence-electron chi connectivity index (χ1n) is 12.8. The van der Waals surface area contributed by atoms with Crippen molar-refractivity contribution in [3.63, 3.8) is 0 Å². The molecule has 7 heteroatoms. The predicted molar refractivity (Wildman–Crippen MR) is 125 cm³/mol. The summed E-state index contributed by atoms with van der Waals surface area (Å²) in [5.41, 5.74) is -0.886. The maximum absolute atomic E-state index is 13.6. The average molecular weight is 453 g/mol. The number of aliphatic hydroxyl groups is 1. The minimum Gasteiger partial charge on any atom is -0.385 e. The van der Waals surface area contributed by atoms with Crippen molar-refractivity contribution in [3.05, 3.63) is 0 Å². The molecule has 0 unspecified atom stereocenters. The highest BCUT2D eigenvalue weighted by Gasteiger charge is 2.43. The first-order valence-corrected chi connectivity index (χ1v) is 12.8. The van der Waals surface area contributed by atoms with Crippen LogP contribution in [-0.2, 0) is 14.3 Å². The molecule has 2 rings (SSSR count). The van der Waals surface area contributed by atoms with E-state index in [4.69, 9.17) is 4.74 Å². The van der Waals surface area contributed by atoms with Gasteiger partial charge in [-0.25, -0.2) is 4.79 Å². The van der Waals surface area contributed by atoms with Crippen molar-refractivity contribution in [2.45, 2.75) is 109 Å². The van der Waals surface area contributed by atoms with Crippen molar-refractivity contribution in [3.8, 4) is 0 Å². The van der Waals surface area contributed by atoms with Crippen LogP contribution in [0.15, 0.2) is 0 Å². The van der Waals surface area contributed by atoms with Crippen molar-refractivity contribution in [2.24, 2.45) is 5.92 Å². The number of rotatable bonds is 13. The Morgan fingerprint density at radius 1 is 1.00 bits per heavy atom. The van der Waals surface area contributed by atoms with E-state index in [2.05, 4.69) is 19.2 Å². The summed E-state index contributed by atoms with van der Waals surface area (Å²) in [7, 11) is 0. The standard InChI is InChI=1S/C25H44N2O5/c1-3-5-8-12-21(28)23(30)20(11-6-4-2)19-22(29)25(13-9-7-10-14-25)26-24(31)27-15-17-32-18-16-27/h20,23,30H,3-19H2,1-2H3,(H,26,31)/t20-,23+/m1/s1. The lowest BCUT2D eigenvalue weighted by atomic mass is 9.74. The molecule has 0 aromatic heterocycles. The molecule has 2 fully saturated rings. The zero-order valence-electron chi connectivity index (χ0n) is 20.2. The second kappa shape index (κ2) is 13.9. The number of aliphatic hydroxyl groups excluding tert-OH is 1. The van der Waals surface area contributed by atoms with Gasteiger partial charge in [-0.3, -0.25) is 9.59 Å². The molecule has 32 heavy (non-hydrogen) atoms. The van der Waals surface area contributed by atoms with Gasteiger partial charge >= 0.3 is 6.03 Å². The van der Waals surface area contributed by atoms with Crippen LogP contribution in [0.4, 0.5) is 4.79 Å². The number of nitrogens with one attached hydrogen (secondary N) is 1. The number of hydrogen-bond acceptors (Lipinski definition) is 5. The fourth-order valence-corrected chi connectivity index (χ4v) is 4.91. The third-order valence-electron chi connectivity index (χ3n) is 7.06. The molecular weight excluding hydrogens is 408 g/mol. The second-order valence-electron chi connectivity index (χ2n) is 9.57. The van der Waals surface area contributed by atoms with Crippen molar-refractivity contribution >= 4 is 17.6 Å². The van der Waals surface area contributed by atoms with Crippen molar-refractivity contribution in [2.75, 3.05) is 26.3 Å². The summed E-state index contributed by atoms with van der Waals surface area (Å²) in [5, 5.41) is 13.9. The third-order valence-corrected chi connectivity index (χ3v) is 7.06. The van der Waals surface area contributed by atoms with E-state index in [9.17, 15) is 19.5 Å². The summed E-state index contributed by atoms with van der Waals surface area (Å²) in [4.78, 5) is 40.9. The maximum atomic E-state index is 13.6. The summed E-state index contributed by atoms with van der Waals surface area (Å²) in [6, 6.07) is -0.204. The number of hydrogen-bond donors (Lipinski definition) is 2. The molecular formula is C25H44N2O5. The number of unbranched alkanes of at least 4 members (excludes halogenated alkanes) is 3. The molecule has 1 aliphatic carbocycles. The minimum atomic E-state index is -1.10. The van der Waals surface area contributed by atoms with Crippen LogP contribution in [0, 0.1) is 5.92 Å². The van der Waals surface area contributed by atoms with Gasteiger partial charge in [0.05, 0.1) is 13.2 Å². The molecule has 7 nitrogen and oxygen atoms in total. The Morgan fingerprint density at radius 2 is 1.66 bits per heavy atom. The van der Waals surface area contributed by atoms with E-state index in [1.165, 1.54) is 0 Å². The molecule has 0 radical (unpaired) electrons. The van der Waals surface area contributed by atoms with Crippen LogP contribution in [0.5, 0.6) is 0 Å². The topological polar surface area (TPSA) is 95.9 Å². The third kappa shape index (κ3) is 7.84. The number of nitrogens with zero attached hydrogens (tertiary/aromatic N) is 1. The molecule has 2 amide bonds. The van der Waals surface area contributed by atoms with E-state index in [0.29, 0.717) is 52.0 Å². The molecule has 0 aromatic rings. The molecule has 2 atom stereocenters. The molecule has 1 aliphatic heterocycles. The van der Waals surface area contributed by atoms with Crippen LogP contribution in [0.25, 0.3) is 0 Å². The van der Waals surface area contributed by atoms with E-state index in [1.54, 1.807) is 4.90 Å². The van der Waals surface area contributed by atoms with Gasteiger partial charge in [0.1, 0.15) is 11.6 Å². The molecule has 0 spiro atoms. The van der Waals surface area contributed by atoms with Crippen molar-refractivity contribution < 1.29 is 24.2 Å². The van der Waals surface area contributed by atoms with E-state index >= 15 is 0 Å². The van der Waals surface area contributed by atoms with Gasteiger partial charge in [0.25, 0.3) is 0 Å². The SMILES string of the molecule is CCCCCC(=O)[C@@H](O)[C@H](CCCC)CC(=O)C1(NC(=O)N2CCOCC2)CCCCC1. The Bertz CT molecular complexity index is 597. The van der Waals surface area contributed by atoms with Gasteiger partial charge in [0.2, 0.25) is 0 Å². The Hall–Kier alpha value is -1.47. The Kier molecular flexibility index (Phi) is 11.7. The van der Waals surface area contributed by atoms with Crippen LogP contribution in [0.1, 0.15) is 97.3 Å². The first kappa shape index (κ1) is 26.8. The minimum absolute atomic E-state index is 0.0275. The highest BCUT2D eigenvalue weighted by atomic mass is 16.5. The monoisotopic (exact) mass is 452 g/mol. The van der Waals surface area contributed by atoms with E-state index < -0.39 is 11.6 Å². The first-order chi connectivity index (χ1) is 15.4. The lowest BCUT2D eigenvalue weighted by molar-refractivity contribution is -0.133. The van der Waals surface area contributed by atoms with Crippen LogP contribution in [-0.4, -0.2) is 65.6 Å². The summed E-state index contributed by atoms with van der Waals surface area (Å²) in [6.45, 7) is 6.23. The van der Waals surface area contributed by atoms with Gasteiger partial charge in [-0.05, 0) is 31.6 Å². The molecule has 0 bridgehead atoms. The van der Waals surface area contributed by atoms with Gasteiger partial charge in [-0.15, -0.1) is 0 Å². The van der Waals surface area contributed by atoms with Crippen molar-refractivity contribution in [1.82, 2.24) is 10.2 Å². The lowest BCUT2D eigenvalue weighted by Gasteiger charge is -2.40. The van der Waals surface area contributed by atoms with E-state index in [1.807, 2.05) is 0 Å². The van der Waals surface area contributed by atoms with Crippen LogP contribution in [0.3, 0.4) is 0 Å². The Labute approximate surface area is 193 Å². The van der Waals surface area contributed by atoms with Gasteiger partial charge in [-0.1, -0.05) is 58.8 Å². The van der Waals surface area contributed by atoms with Crippen molar-refractivity contribution in [1.29, 1.82) is 0 Å². The number of urea groups is 1. The normalized spacial score (nSPS) is 20.4. The molecule has 2 N–H and O–H groups in total. The van der Waals surface area contributed by atoms with Crippen LogP contribution < -0.4 is 5.32 Å². The number of Topliss-reactive ketones (excluding diaryl/α,β-unsaturated/α-hetero) is 2. The number of ether oxygens (including phenoxy) is 1. The highest BCUT2D eigenvalue weighted by molar-refractivity contribution is 5.93. The Balaban J connectivity index is 2.09. The highest BCUT2D eigenvalue weighted by Crippen LogP contribution is 2.33. The predicted octanol–water partition coefficient (Wildman–Crippen LogP) is 4.01. The van der Waals surface area contributed by atoms with Gasteiger partial charge in [0.15, 0.2) is 11.6 Å². The van der Waals surface area contributed by atoms with Crippen LogP contribution >= 0.6 is 0 Å². The summed E-state index contributed by atoms with van der Waals surface area (Å²) < 4.78 is 5.34. The quantitative estimate of drug-likeness (QED) is 0.412. The Morgan fingerprint density at radius 3 is 2.28 bits per heavy atom. The number of carbonyl (C=O) groups is 3. The molecule has 184 valence electrons. The van der Waals surface area contributed by atoms with Gasteiger partial charge in [0, 0.05) is 25.9 Å². The zero-order valence-corrected chi connectivity index (χ0v) is 20.2. The number of ketones is 2. The molecule has 2 aliphatic rings. The van der Waals surface area contributed by atoms with E-state index in [-0.39, 0.29) is 29.9 Å². The van der Waals surface area contributed by atoms with Gasteiger partial charge < -0.3 is 20.1 Å². The number of morpholine rings is 1. The average Bonchev–Trinajstić information content (AvgIpc) is 2.82. The zero-order chi connectivity index (χ0) is 23.4. The number of carbonyl (C=O) groups excluding carboxylic acids is 3. The lowest BCUT2D eigenvalue weighted by Crippen LogP contribution is -2.60. The van der Waals surface area contributed by atoms with E-state index in [0.717, 1.165) is 51.4 Å². The molecule has 1 heterocycles. The summed E-state index contributed by atoms with van der Waals surface area (Å²) in [6.07, 6.45) is 8.74. The van der Waals surface area contributed by atoms with Gasteiger partial charge in [-0.2, -0.15) is 0 Å². The summed E-state index contributed by atoms with van der Waals surface area (Å²) in [5.74, 6) is -0.557. The summed E-state index contributed by atoms with van der Waals surface area (Å²) >= 11 is 0.